The van der Waals surface area contributed by atoms with Crippen LogP contribution < -0.4 is 15.8 Å². The Kier molecular flexibility index (Phi) is 5.78. The van der Waals surface area contributed by atoms with E-state index >= 15 is 0 Å². The summed E-state index contributed by atoms with van der Waals surface area (Å²) in [6, 6.07) is 11.2. The number of benzene rings is 2. The molecule has 0 radical (unpaired) electrons. The lowest BCUT2D eigenvalue weighted by molar-refractivity contribution is 0.187. The van der Waals surface area contributed by atoms with Crippen LogP contribution in [-0.4, -0.2) is 24.7 Å². The minimum absolute atomic E-state index is 0.00391. The number of nitrogens with two attached hydrogens (primary N) is 1. The lowest BCUT2D eigenvalue weighted by Crippen LogP contribution is -2.23. The molecule has 5 nitrogen and oxygen atoms in total. The summed E-state index contributed by atoms with van der Waals surface area (Å²) in [4.78, 5) is 4.04. The van der Waals surface area contributed by atoms with Gasteiger partial charge in [0.15, 0.2) is 5.96 Å². The SMILES string of the molecule is COc1ccc(NC(N)=NCC(O)c2ccc(Cl)c(F)c2)cc1. The van der Waals surface area contributed by atoms with Crippen LogP contribution in [0, 0.1) is 5.82 Å². The van der Waals surface area contributed by atoms with Crippen LogP contribution in [0.2, 0.25) is 5.02 Å². The molecule has 0 bridgehead atoms. The third-order valence-electron chi connectivity index (χ3n) is 3.13. The molecule has 0 aromatic heterocycles. The minimum atomic E-state index is -0.974. The maximum Gasteiger partial charge on any atom is 0.193 e. The molecule has 0 aliphatic carbocycles. The summed E-state index contributed by atoms with van der Waals surface area (Å²) in [5.41, 5.74) is 6.88. The van der Waals surface area contributed by atoms with Gasteiger partial charge in [-0.2, -0.15) is 0 Å². The van der Waals surface area contributed by atoms with Crippen molar-refractivity contribution in [3.8, 4) is 5.75 Å². The molecular formula is C16H17ClFN3O2. The predicted octanol–water partition coefficient (Wildman–Crippen LogP) is 2.95. The molecule has 0 spiro atoms. The van der Waals surface area contributed by atoms with Crippen LogP contribution >= 0.6 is 11.6 Å². The van der Waals surface area contributed by atoms with Crippen molar-refractivity contribution in [3.63, 3.8) is 0 Å². The summed E-state index contributed by atoms with van der Waals surface area (Å²) in [5, 5.41) is 12.9. The topological polar surface area (TPSA) is 79.9 Å². The van der Waals surface area contributed by atoms with Crippen molar-refractivity contribution in [3.05, 3.63) is 58.9 Å². The van der Waals surface area contributed by atoms with Gasteiger partial charge in [0.05, 0.1) is 24.8 Å². The highest BCUT2D eigenvalue weighted by Gasteiger charge is 2.10. The van der Waals surface area contributed by atoms with Gasteiger partial charge < -0.3 is 20.9 Å². The van der Waals surface area contributed by atoms with E-state index in [0.29, 0.717) is 5.56 Å². The summed E-state index contributed by atoms with van der Waals surface area (Å²) < 4.78 is 18.4. The number of rotatable bonds is 5. The van der Waals surface area contributed by atoms with Gasteiger partial charge in [0.2, 0.25) is 0 Å². The van der Waals surface area contributed by atoms with E-state index in [1.807, 2.05) is 0 Å². The summed E-state index contributed by atoms with van der Waals surface area (Å²) in [6.07, 6.45) is -0.974. The molecule has 0 saturated heterocycles. The molecule has 0 saturated carbocycles. The number of aliphatic imine (C=N–C) groups is 1. The Morgan fingerprint density at radius 3 is 2.65 bits per heavy atom. The molecule has 0 aliphatic heterocycles. The predicted molar refractivity (Wildman–Crippen MR) is 89.5 cm³/mol. The van der Waals surface area contributed by atoms with Gasteiger partial charge in [0.1, 0.15) is 11.6 Å². The number of nitrogens with zero attached hydrogens (tertiary/aromatic N) is 1. The second-order valence-corrected chi connectivity index (χ2v) is 5.18. The third-order valence-corrected chi connectivity index (χ3v) is 3.43. The average Bonchev–Trinajstić information content (AvgIpc) is 2.56. The van der Waals surface area contributed by atoms with E-state index in [2.05, 4.69) is 10.3 Å². The van der Waals surface area contributed by atoms with Gasteiger partial charge in [-0.3, -0.25) is 4.99 Å². The smallest absolute Gasteiger partial charge is 0.193 e. The Morgan fingerprint density at radius 2 is 2.04 bits per heavy atom. The van der Waals surface area contributed by atoms with Crippen LogP contribution in [0.25, 0.3) is 0 Å². The van der Waals surface area contributed by atoms with Crippen molar-refractivity contribution >= 4 is 23.2 Å². The standard InChI is InChI=1S/C16H17ClFN3O2/c1-23-12-5-3-11(4-6-12)21-16(19)20-9-15(22)10-2-7-13(17)14(18)8-10/h2-8,15,22H,9H2,1H3,(H3,19,20,21). The maximum atomic E-state index is 13.4. The van der Waals surface area contributed by atoms with Gasteiger partial charge >= 0.3 is 0 Å². The highest BCUT2D eigenvalue weighted by Crippen LogP contribution is 2.20. The molecule has 2 rings (SSSR count). The van der Waals surface area contributed by atoms with Crippen LogP contribution in [-0.2, 0) is 0 Å². The number of guanidine groups is 1. The van der Waals surface area contributed by atoms with Gasteiger partial charge in [-0.25, -0.2) is 4.39 Å². The van der Waals surface area contributed by atoms with Gasteiger partial charge in [-0.15, -0.1) is 0 Å². The van der Waals surface area contributed by atoms with Gasteiger partial charge in [0, 0.05) is 5.69 Å². The van der Waals surface area contributed by atoms with Crippen LogP contribution in [0.3, 0.4) is 0 Å². The van der Waals surface area contributed by atoms with Gasteiger partial charge in [-0.1, -0.05) is 17.7 Å². The normalized spacial score (nSPS) is 12.8. The largest absolute Gasteiger partial charge is 0.497 e. The maximum absolute atomic E-state index is 13.4. The van der Waals surface area contributed by atoms with E-state index in [1.54, 1.807) is 37.4 Å². The lowest BCUT2D eigenvalue weighted by atomic mass is 10.1. The van der Waals surface area contributed by atoms with Crippen molar-refractivity contribution in [2.75, 3.05) is 19.0 Å². The van der Waals surface area contributed by atoms with E-state index in [0.717, 1.165) is 11.4 Å². The summed E-state index contributed by atoms with van der Waals surface area (Å²) in [7, 11) is 1.58. The highest BCUT2D eigenvalue weighted by molar-refractivity contribution is 6.30. The Hall–Kier alpha value is -2.31. The molecule has 0 aliphatic rings. The van der Waals surface area contributed by atoms with E-state index < -0.39 is 11.9 Å². The van der Waals surface area contributed by atoms with Crippen LogP contribution in [0.5, 0.6) is 5.75 Å². The van der Waals surface area contributed by atoms with Gasteiger partial charge in [-0.05, 0) is 42.0 Å². The van der Waals surface area contributed by atoms with Crippen molar-refractivity contribution in [1.29, 1.82) is 0 Å². The Morgan fingerprint density at radius 1 is 1.35 bits per heavy atom. The molecule has 122 valence electrons. The van der Waals surface area contributed by atoms with Crippen molar-refractivity contribution in [2.24, 2.45) is 10.7 Å². The number of aliphatic hydroxyl groups excluding tert-OH is 1. The van der Waals surface area contributed by atoms with Crippen molar-refractivity contribution in [1.82, 2.24) is 0 Å². The first-order valence-corrected chi connectivity index (χ1v) is 7.21. The third kappa shape index (κ3) is 4.84. The minimum Gasteiger partial charge on any atom is -0.497 e. The second kappa shape index (κ2) is 7.80. The molecular weight excluding hydrogens is 321 g/mol. The first-order chi connectivity index (χ1) is 11.0. The fraction of sp³-hybridized carbons (Fsp3) is 0.188. The number of halogens is 2. The average molecular weight is 338 g/mol. The van der Waals surface area contributed by atoms with Crippen LogP contribution in [0.15, 0.2) is 47.5 Å². The number of hydrogen-bond donors (Lipinski definition) is 3. The fourth-order valence-electron chi connectivity index (χ4n) is 1.87. The molecule has 2 aromatic rings. The first-order valence-electron chi connectivity index (χ1n) is 6.83. The van der Waals surface area contributed by atoms with E-state index in [4.69, 9.17) is 22.1 Å². The molecule has 7 heteroatoms. The summed E-state index contributed by atoms with van der Waals surface area (Å²) >= 11 is 5.60. The molecule has 2 aromatic carbocycles. The Labute approximate surface area is 138 Å². The van der Waals surface area contributed by atoms with Crippen LogP contribution in [0.4, 0.5) is 10.1 Å². The molecule has 23 heavy (non-hydrogen) atoms. The van der Waals surface area contributed by atoms with Crippen molar-refractivity contribution in [2.45, 2.75) is 6.10 Å². The quantitative estimate of drug-likeness (QED) is 0.579. The Bertz CT molecular complexity index is 692. The number of methoxy groups -OCH3 is 1. The van der Waals surface area contributed by atoms with Gasteiger partial charge in [0.25, 0.3) is 0 Å². The van der Waals surface area contributed by atoms with E-state index in [1.165, 1.54) is 12.1 Å². The lowest BCUT2D eigenvalue weighted by Gasteiger charge is -2.10. The number of hydrogen-bond acceptors (Lipinski definition) is 3. The monoisotopic (exact) mass is 337 g/mol. The number of anilines is 1. The number of nitrogens with one attached hydrogen (secondary N) is 1. The molecule has 0 amide bonds. The summed E-state index contributed by atoms with van der Waals surface area (Å²) in [5.74, 6) is 0.284. The number of ether oxygens (including phenoxy) is 1. The molecule has 0 fully saturated rings. The number of aliphatic hydroxyl groups is 1. The first kappa shape index (κ1) is 17.1. The molecule has 1 atom stereocenters. The fourth-order valence-corrected chi connectivity index (χ4v) is 1.99. The Balaban J connectivity index is 1.96. The highest BCUT2D eigenvalue weighted by atomic mass is 35.5. The van der Waals surface area contributed by atoms with E-state index in [9.17, 15) is 9.50 Å². The second-order valence-electron chi connectivity index (χ2n) is 4.77. The van der Waals surface area contributed by atoms with Crippen molar-refractivity contribution < 1.29 is 14.2 Å². The summed E-state index contributed by atoms with van der Waals surface area (Å²) in [6.45, 7) is -0.00391. The zero-order valence-electron chi connectivity index (χ0n) is 12.5. The molecule has 0 heterocycles. The van der Waals surface area contributed by atoms with Crippen LogP contribution in [0.1, 0.15) is 11.7 Å². The zero-order valence-corrected chi connectivity index (χ0v) is 13.2. The zero-order chi connectivity index (χ0) is 16.8. The molecule has 1 unspecified atom stereocenters. The van der Waals surface area contributed by atoms with E-state index in [-0.39, 0.29) is 17.5 Å². The molecule has 4 N–H and O–H groups in total.